The molecule has 0 aromatic heterocycles. The average molecular weight is 161 g/mol. The van der Waals surface area contributed by atoms with Crippen molar-refractivity contribution in [2.24, 2.45) is 0 Å². The van der Waals surface area contributed by atoms with Gasteiger partial charge in [-0.2, -0.15) is 0 Å². The van der Waals surface area contributed by atoms with Crippen molar-refractivity contribution in [2.75, 3.05) is 34.1 Å². The lowest BCUT2D eigenvalue weighted by atomic mass is 10.6. The van der Waals surface area contributed by atoms with Gasteiger partial charge < -0.3 is 0 Å². The molecule has 0 aliphatic carbocycles. The molecule has 11 heavy (non-hydrogen) atoms. The van der Waals surface area contributed by atoms with Crippen LogP contribution in [0.1, 0.15) is 1.43 Å². The molecule has 1 aliphatic heterocycles. The third-order valence-electron chi connectivity index (χ3n) is 1.52. The van der Waals surface area contributed by atoms with Gasteiger partial charge in [0.25, 0.3) is 0 Å². The van der Waals surface area contributed by atoms with Crippen molar-refractivity contribution in [3.8, 4) is 0 Å². The van der Waals surface area contributed by atoms with E-state index in [1.165, 1.54) is 5.01 Å². The predicted molar refractivity (Wildman–Crippen MR) is 40.1 cm³/mol. The van der Waals surface area contributed by atoms with Crippen molar-refractivity contribution in [3.05, 3.63) is 10.1 Å². The summed E-state index contributed by atoms with van der Waals surface area (Å²) in [5, 5.41) is 11.1. The number of nitro groups is 1. The Labute approximate surface area is 66.6 Å². The SMILES string of the molecule is CN1CN(C)CN([N+](=O)[O-])C1.[H+]. The monoisotopic (exact) mass is 161 g/mol. The Bertz CT molecular complexity index is 158. The molecule has 6 nitrogen and oxygen atoms in total. The molecule has 0 bridgehead atoms. The van der Waals surface area contributed by atoms with Crippen molar-refractivity contribution in [1.82, 2.24) is 14.8 Å². The van der Waals surface area contributed by atoms with Gasteiger partial charge in [-0.15, -0.1) is 0 Å². The second kappa shape index (κ2) is 3.02. The van der Waals surface area contributed by atoms with Gasteiger partial charge >= 0.3 is 1.43 Å². The summed E-state index contributed by atoms with van der Waals surface area (Å²) in [5.41, 5.74) is 0. The molecule has 1 fully saturated rings. The van der Waals surface area contributed by atoms with E-state index in [-0.39, 0.29) is 6.46 Å². The van der Waals surface area contributed by atoms with Crippen molar-refractivity contribution >= 4 is 0 Å². The van der Waals surface area contributed by atoms with Crippen LogP contribution < -0.4 is 0 Å². The molecule has 0 saturated carbocycles. The van der Waals surface area contributed by atoms with Gasteiger partial charge in [0.1, 0.15) is 13.3 Å². The fourth-order valence-electron chi connectivity index (χ4n) is 1.21. The third kappa shape index (κ3) is 2.02. The molecular weight excluding hydrogens is 148 g/mol. The van der Waals surface area contributed by atoms with Crippen LogP contribution >= 0.6 is 0 Å². The fourth-order valence-corrected chi connectivity index (χ4v) is 1.21. The van der Waals surface area contributed by atoms with Gasteiger partial charge in [-0.3, -0.25) is 9.80 Å². The molecular formula is C5H13N4O2+. The smallest absolute Gasteiger partial charge is 0.271 e. The summed E-state index contributed by atoms with van der Waals surface area (Å²) in [7, 11) is 3.71. The van der Waals surface area contributed by atoms with Gasteiger partial charge in [0.05, 0.1) is 6.67 Å². The second-order valence-corrected chi connectivity index (χ2v) is 2.88. The maximum Gasteiger partial charge on any atom is 1.00 e. The first kappa shape index (κ1) is 8.22. The van der Waals surface area contributed by atoms with Crippen LogP contribution in [-0.2, 0) is 0 Å². The lowest BCUT2D eigenvalue weighted by Crippen LogP contribution is -2.53. The normalized spacial score (nSPS) is 22.2. The first-order valence-electron chi connectivity index (χ1n) is 3.36. The van der Waals surface area contributed by atoms with Crippen LogP contribution in [0.25, 0.3) is 0 Å². The molecule has 1 saturated heterocycles. The Hall–Kier alpha value is -0.880. The van der Waals surface area contributed by atoms with E-state index in [0.717, 1.165) is 6.67 Å². The van der Waals surface area contributed by atoms with E-state index in [2.05, 4.69) is 0 Å². The standard InChI is InChI=1S/C5H12N4O2/c1-6-3-7(2)5-8(4-6)9(10)11/h3-5H2,1-2H3/p+1. The number of nitrogens with zero attached hydrogens (tertiary/aromatic N) is 4. The van der Waals surface area contributed by atoms with Crippen LogP contribution in [0.4, 0.5) is 0 Å². The lowest BCUT2D eigenvalue weighted by Gasteiger charge is -2.33. The van der Waals surface area contributed by atoms with Gasteiger partial charge in [-0.25, -0.2) is 10.1 Å². The van der Waals surface area contributed by atoms with Crippen LogP contribution in [0.2, 0.25) is 0 Å². The van der Waals surface area contributed by atoms with Gasteiger partial charge in [0.2, 0.25) is 0 Å². The van der Waals surface area contributed by atoms with Crippen molar-refractivity contribution < 1.29 is 6.46 Å². The van der Waals surface area contributed by atoms with Crippen molar-refractivity contribution in [1.29, 1.82) is 0 Å². The molecule has 1 heterocycles. The Kier molecular flexibility index (Phi) is 2.25. The summed E-state index contributed by atoms with van der Waals surface area (Å²) in [6.07, 6.45) is 0. The molecule has 0 atom stereocenters. The van der Waals surface area contributed by atoms with Crippen molar-refractivity contribution in [2.45, 2.75) is 0 Å². The van der Waals surface area contributed by atoms with Crippen LogP contribution in [0.3, 0.4) is 0 Å². The zero-order valence-corrected chi connectivity index (χ0v) is 6.73. The van der Waals surface area contributed by atoms with Gasteiger partial charge in [0, 0.05) is 0 Å². The van der Waals surface area contributed by atoms with Crippen LogP contribution in [0, 0.1) is 10.1 Å². The van der Waals surface area contributed by atoms with Gasteiger partial charge in [-0.1, -0.05) is 5.01 Å². The van der Waals surface area contributed by atoms with E-state index in [1.54, 1.807) is 0 Å². The summed E-state index contributed by atoms with van der Waals surface area (Å²) < 4.78 is 0. The molecule has 1 rings (SSSR count). The van der Waals surface area contributed by atoms with E-state index in [1.807, 2.05) is 23.9 Å². The molecule has 0 N–H and O–H groups in total. The first-order chi connectivity index (χ1) is 5.09. The minimum Gasteiger partial charge on any atom is -0.271 e. The van der Waals surface area contributed by atoms with Gasteiger partial charge in [-0.05, 0) is 14.1 Å². The zero-order valence-electron chi connectivity index (χ0n) is 7.73. The molecule has 64 valence electrons. The number of hydrogen-bond donors (Lipinski definition) is 0. The molecule has 0 radical (unpaired) electrons. The molecule has 0 amide bonds. The molecule has 0 aromatic rings. The minimum absolute atomic E-state index is 0. The lowest BCUT2D eigenvalue weighted by molar-refractivity contribution is -0.668. The summed E-state index contributed by atoms with van der Waals surface area (Å²) >= 11 is 0. The highest BCUT2D eigenvalue weighted by Crippen LogP contribution is 2.01. The van der Waals surface area contributed by atoms with Crippen LogP contribution in [-0.4, -0.2) is 53.9 Å². The highest BCUT2D eigenvalue weighted by atomic mass is 16.7. The minimum atomic E-state index is -0.369. The van der Waals surface area contributed by atoms with E-state index in [0.29, 0.717) is 13.3 Å². The largest absolute Gasteiger partial charge is 1.00 e. The topological polar surface area (TPSA) is 52.9 Å². The maximum absolute atomic E-state index is 10.3. The highest BCUT2D eigenvalue weighted by Gasteiger charge is 2.24. The summed E-state index contributed by atoms with van der Waals surface area (Å²) in [4.78, 5) is 14.1. The maximum atomic E-state index is 10.3. The summed E-state index contributed by atoms with van der Waals surface area (Å²) in [5.74, 6) is 0. The summed E-state index contributed by atoms with van der Waals surface area (Å²) in [6, 6.07) is 0. The van der Waals surface area contributed by atoms with Crippen LogP contribution in [0.5, 0.6) is 0 Å². The number of rotatable bonds is 1. The van der Waals surface area contributed by atoms with Crippen LogP contribution in [0.15, 0.2) is 0 Å². The van der Waals surface area contributed by atoms with E-state index < -0.39 is 0 Å². The predicted octanol–water partition coefficient (Wildman–Crippen LogP) is -0.658. The zero-order chi connectivity index (χ0) is 8.43. The number of hydrazine groups is 1. The van der Waals surface area contributed by atoms with E-state index in [9.17, 15) is 10.1 Å². The molecule has 0 spiro atoms. The van der Waals surface area contributed by atoms with Gasteiger partial charge in [0.15, 0.2) is 5.03 Å². The highest BCUT2D eigenvalue weighted by molar-refractivity contribution is 4.56. The molecule has 0 aromatic carbocycles. The number of hydrogen-bond acceptors (Lipinski definition) is 4. The van der Waals surface area contributed by atoms with Crippen molar-refractivity contribution in [3.63, 3.8) is 0 Å². The quantitative estimate of drug-likeness (QED) is 0.377. The Morgan fingerprint density at radius 3 is 2.09 bits per heavy atom. The fraction of sp³-hybridized carbons (Fsp3) is 1.00. The molecule has 1 aliphatic rings. The first-order valence-corrected chi connectivity index (χ1v) is 3.36. The Balaban J connectivity index is 0.00000121. The molecule has 0 unspecified atom stereocenters. The summed E-state index contributed by atoms with van der Waals surface area (Å²) in [6.45, 7) is 1.58. The van der Waals surface area contributed by atoms with E-state index >= 15 is 0 Å². The molecule has 6 heteroatoms. The van der Waals surface area contributed by atoms with E-state index in [4.69, 9.17) is 0 Å². The Morgan fingerprint density at radius 2 is 1.73 bits per heavy atom. The Morgan fingerprint density at radius 1 is 1.27 bits per heavy atom. The second-order valence-electron chi connectivity index (χ2n) is 2.88. The average Bonchev–Trinajstić information content (AvgIpc) is 1.85. The third-order valence-corrected chi connectivity index (χ3v) is 1.52.